The van der Waals surface area contributed by atoms with E-state index in [0.29, 0.717) is 12.2 Å². The van der Waals surface area contributed by atoms with E-state index in [1.54, 1.807) is 23.1 Å². The number of nitrogens with zero attached hydrogens (tertiary/aromatic N) is 2. The van der Waals surface area contributed by atoms with Crippen LogP contribution in [0, 0.1) is 6.92 Å². The molecule has 0 atom stereocenters. The van der Waals surface area contributed by atoms with Crippen molar-refractivity contribution in [1.29, 1.82) is 0 Å². The largest absolute Gasteiger partial charge is 0.321 e. The zero-order valence-electron chi connectivity index (χ0n) is 15.7. The first-order valence-corrected chi connectivity index (χ1v) is 9.37. The Kier molecular flexibility index (Phi) is 4.89. The molecule has 2 heterocycles. The molecule has 2 aromatic carbocycles. The first kappa shape index (κ1) is 17.9. The number of hydrogen-bond acceptors (Lipinski definition) is 3. The van der Waals surface area contributed by atoms with Crippen LogP contribution in [0.1, 0.15) is 38.5 Å². The van der Waals surface area contributed by atoms with E-state index in [4.69, 9.17) is 0 Å². The van der Waals surface area contributed by atoms with E-state index in [9.17, 15) is 9.59 Å². The number of anilines is 2. The van der Waals surface area contributed by atoms with Gasteiger partial charge in [-0.25, -0.2) is 4.98 Å². The predicted molar refractivity (Wildman–Crippen MR) is 110 cm³/mol. The number of pyridine rings is 1. The van der Waals surface area contributed by atoms with Gasteiger partial charge in [-0.15, -0.1) is 0 Å². The van der Waals surface area contributed by atoms with Gasteiger partial charge in [0.1, 0.15) is 11.4 Å². The van der Waals surface area contributed by atoms with E-state index in [1.807, 2.05) is 55.5 Å². The third-order valence-corrected chi connectivity index (χ3v) is 4.83. The fraction of sp³-hybridized carbons (Fsp3) is 0.174. The molecule has 3 aromatic rings. The van der Waals surface area contributed by atoms with E-state index < -0.39 is 0 Å². The third-order valence-electron chi connectivity index (χ3n) is 4.83. The fourth-order valence-electron chi connectivity index (χ4n) is 3.48. The molecule has 0 radical (unpaired) electrons. The number of aryl methyl sites for hydroxylation is 2. The van der Waals surface area contributed by atoms with Gasteiger partial charge in [0.2, 0.25) is 0 Å². The van der Waals surface area contributed by atoms with Crippen LogP contribution in [0.2, 0.25) is 0 Å². The Morgan fingerprint density at radius 3 is 2.61 bits per heavy atom. The molecule has 0 fully saturated rings. The molecule has 2 amide bonds. The number of fused-ring (bicyclic) bond motifs is 1. The Hall–Kier alpha value is -3.47. The predicted octanol–water partition coefficient (Wildman–Crippen LogP) is 4.24. The number of aromatic nitrogens is 1. The topological polar surface area (TPSA) is 62.3 Å². The summed E-state index contributed by atoms with van der Waals surface area (Å²) in [5.74, 6) is -0.517. The third kappa shape index (κ3) is 3.64. The maximum atomic E-state index is 13.1. The first-order chi connectivity index (χ1) is 13.6. The van der Waals surface area contributed by atoms with E-state index in [2.05, 4.69) is 10.3 Å². The quantitative estimate of drug-likeness (QED) is 0.749. The first-order valence-electron chi connectivity index (χ1n) is 9.37. The number of amides is 2. The maximum absolute atomic E-state index is 13.1. The van der Waals surface area contributed by atoms with Crippen molar-refractivity contribution in [3.63, 3.8) is 0 Å². The van der Waals surface area contributed by atoms with Crippen molar-refractivity contribution < 1.29 is 9.59 Å². The molecule has 0 spiro atoms. The Bertz CT molecular complexity index is 1050. The summed E-state index contributed by atoms with van der Waals surface area (Å²) >= 11 is 0. The number of rotatable bonds is 3. The summed E-state index contributed by atoms with van der Waals surface area (Å²) in [7, 11) is 0. The molecule has 0 saturated heterocycles. The van der Waals surface area contributed by atoms with E-state index in [-0.39, 0.29) is 23.2 Å². The van der Waals surface area contributed by atoms with Gasteiger partial charge in [-0.3, -0.25) is 9.59 Å². The maximum Gasteiger partial charge on any atom is 0.276 e. The average molecular weight is 371 g/mol. The normalized spacial score (nSPS) is 13.0. The second kappa shape index (κ2) is 7.64. The van der Waals surface area contributed by atoms with Crippen LogP contribution in [0.25, 0.3) is 0 Å². The monoisotopic (exact) mass is 371 g/mol. The molecule has 1 aromatic heterocycles. The molecule has 5 heteroatoms. The van der Waals surface area contributed by atoms with E-state index in [0.717, 1.165) is 29.7 Å². The lowest BCUT2D eigenvalue weighted by atomic mass is 10.0. The molecule has 4 rings (SSSR count). The lowest BCUT2D eigenvalue weighted by Crippen LogP contribution is -2.36. The van der Waals surface area contributed by atoms with Crippen molar-refractivity contribution in [3.05, 3.63) is 89.2 Å². The molecule has 5 nitrogen and oxygen atoms in total. The van der Waals surface area contributed by atoms with Gasteiger partial charge in [-0.2, -0.15) is 0 Å². The van der Waals surface area contributed by atoms with Crippen molar-refractivity contribution in [2.45, 2.75) is 19.8 Å². The van der Waals surface area contributed by atoms with Gasteiger partial charge in [-0.05, 0) is 61.2 Å². The molecule has 0 saturated carbocycles. The summed E-state index contributed by atoms with van der Waals surface area (Å²) in [6.45, 7) is 2.61. The molecule has 0 bridgehead atoms. The summed E-state index contributed by atoms with van der Waals surface area (Å²) in [4.78, 5) is 31.7. The van der Waals surface area contributed by atoms with Gasteiger partial charge in [0.15, 0.2) is 0 Å². The van der Waals surface area contributed by atoms with E-state index >= 15 is 0 Å². The van der Waals surface area contributed by atoms with Crippen molar-refractivity contribution in [2.75, 3.05) is 16.8 Å². The summed E-state index contributed by atoms with van der Waals surface area (Å²) in [5, 5.41) is 2.83. The number of carbonyl (C=O) groups excluding carboxylic acids is 2. The Labute approximate surface area is 164 Å². The van der Waals surface area contributed by atoms with Crippen molar-refractivity contribution in [3.8, 4) is 0 Å². The van der Waals surface area contributed by atoms with Crippen LogP contribution in [0.4, 0.5) is 11.4 Å². The van der Waals surface area contributed by atoms with Crippen LogP contribution in [0.5, 0.6) is 0 Å². The minimum absolute atomic E-state index is 0.183. The van der Waals surface area contributed by atoms with Crippen LogP contribution in [0.15, 0.2) is 66.7 Å². The number of carbonyl (C=O) groups is 2. The smallest absolute Gasteiger partial charge is 0.276 e. The standard InChI is InChI=1S/C23H21N3O2/c1-16-7-4-10-18(15-16)24-22(27)19-11-5-12-20(25-19)23(28)26-14-6-9-17-8-2-3-13-21(17)26/h2-5,7-8,10-13,15H,6,9,14H2,1H3,(H,24,27). The van der Waals surface area contributed by atoms with Gasteiger partial charge < -0.3 is 10.2 Å². The van der Waals surface area contributed by atoms with Gasteiger partial charge in [0.25, 0.3) is 11.8 Å². The number of para-hydroxylation sites is 1. The molecular formula is C23H21N3O2. The zero-order valence-corrected chi connectivity index (χ0v) is 15.7. The second-order valence-corrected chi connectivity index (χ2v) is 6.92. The minimum atomic E-state index is -0.334. The number of benzene rings is 2. The molecule has 1 aliphatic rings. The Balaban J connectivity index is 1.57. The zero-order chi connectivity index (χ0) is 19.5. The highest BCUT2D eigenvalue weighted by Gasteiger charge is 2.24. The summed E-state index contributed by atoms with van der Waals surface area (Å²) in [6, 6.07) is 20.5. The Morgan fingerprint density at radius 1 is 0.964 bits per heavy atom. The van der Waals surface area contributed by atoms with Crippen molar-refractivity contribution in [1.82, 2.24) is 4.98 Å². The Morgan fingerprint density at radius 2 is 1.75 bits per heavy atom. The second-order valence-electron chi connectivity index (χ2n) is 6.92. The van der Waals surface area contributed by atoms with Crippen molar-refractivity contribution in [2.24, 2.45) is 0 Å². The summed E-state index contributed by atoms with van der Waals surface area (Å²) in [5.41, 5.74) is 4.34. The van der Waals surface area contributed by atoms with Gasteiger partial charge in [-0.1, -0.05) is 36.4 Å². The van der Waals surface area contributed by atoms with Gasteiger partial charge in [0.05, 0.1) is 0 Å². The molecule has 0 aliphatic carbocycles. The van der Waals surface area contributed by atoms with Crippen LogP contribution in [0.3, 0.4) is 0 Å². The minimum Gasteiger partial charge on any atom is -0.321 e. The fourth-order valence-corrected chi connectivity index (χ4v) is 3.48. The summed E-state index contributed by atoms with van der Waals surface area (Å²) < 4.78 is 0. The van der Waals surface area contributed by atoms with Gasteiger partial charge in [0, 0.05) is 17.9 Å². The SMILES string of the molecule is Cc1cccc(NC(=O)c2cccc(C(=O)N3CCCc4ccccc43)n2)c1. The van der Waals surface area contributed by atoms with Crippen molar-refractivity contribution >= 4 is 23.2 Å². The highest BCUT2D eigenvalue weighted by Crippen LogP contribution is 2.27. The lowest BCUT2D eigenvalue weighted by molar-refractivity contribution is 0.0980. The highest BCUT2D eigenvalue weighted by molar-refractivity contribution is 6.07. The number of nitrogens with one attached hydrogen (secondary N) is 1. The molecule has 140 valence electrons. The van der Waals surface area contributed by atoms with Crippen LogP contribution >= 0.6 is 0 Å². The average Bonchev–Trinajstić information content (AvgIpc) is 2.73. The molecular weight excluding hydrogens is 350 g/mol. The summed E-state index contributed by atoms with van der Waals surface area (Å²) in [6.07, 6.45) is 1.88. The van der Waals surface area contributed by atoms with Crippen LogP contribution < -0.4 is 10.2 Å². The van der Waals surface area contributed by atoms with Crippen LogP contribution in [-0.4, -0.2) is 23.3 Å². The van der Waals surface area contributed by atoms with E-state index in [1.165, 1.54) is 0 Å². The van der Waals surface area contributed by atoms with Crippen LogP contribution in [-0.2, 0) is 6.42 Å². The molecule has 1 aliphatic heterocycles. The number of hydrogen-bond donors (Lipinski definition) is 1. The molecule has 1 N–H and O–H groups in total. The lowest BCUT2D eigenvalue weighted by Gasteiger charge is -2.29. The van der Waals surface area contributed by atoms with Gasteiger partial charge >= 0.3 is 0 Å². The molecule has 28 heavy (non-hydrogen) atoms. The molecule has 0 unspecified atom stereocenters. The highest BCUT2D eigenvalue weighted by atomic mass is 16.2.